The van der Waals surface area contributed by atoms with Crippen molar-refractivity contribution in [2.75, 3.05) is 55.8 Å². The van der Waals surface area contributed by atoms with Gasteiger partial charge in [0.05, 0.1) is 24.0 Å². The van der Waals surface area contributed by atoms with Crippen molar-refractivity contribution in [3.05, 3.63) is 36.2 Å². The van der Waals surface area contributed by atoms with Crippen LogP contribution in [0.25, 0.3) is 11.6 Å². The molecule has 0 saturated carbocycles. The fraction of sp³-hybridized carbons (Fsp3) is 0.520. The molecule has 36 heavy (non-hydrogen) atoms. The van der Waals surface area contributed by atoms with Gasteiger partial charge in [-0.1, -0.05) is 12.2 Å². The van der Waals surface area contributed by atoms with Gasteiger partial charge in [-0.25, -0.2) is 29.0 Å². The Balaban J connectivity index is 1.67. The Labute approximate surface area is 213 Å². The second-order valence-corrected chi connectivity index (χ2v) is 15.0. The molecule has 0 unspecified atom stereocenters. The zero-order valence-corrected chi connectivity index (χ0v) is 22.8. The van der Waals surface area contributed by atoms with Crippen molar-refractivity contribution in [2.45, 2.75) is 32.8 Å². The van der Waals surface area contributed by atoms with Crippen LogP contribution in [0.3, 0.4) is 0 Å². The zero-order valence-electron chi connectivity index (χ0n) is 21.9. The van der Waals surface area contributed by atoms with E-state index in [0.717, 1.165) is 21.7 Å². The molecule has 0 atom stereocenters. The lowest BCUT2D eigenvalue weighted by molar-refractivity contribution is -0.133. The molecule has 1 aliphatic rings. The van der Waals surface area contributed by atoms with E-state index in [0.29, 0.717) is 18.8 Å². The van der Waals surface area contributed by atoms with Crippen molar-refractivity contribution < 1.29 is 23.9 Å². The minimum absolute atomic E-state index is 0.0540. The van der Waals surface area contributed by atoms with Crippen LogP contribution in [0.4, 0.5) is 15.3 Å². The van der Waals surface area contributed by atoms with Crippen LogP contribution in [0.15, 0.2) is 30.6 Å². The molecule has 4 amide bonds. The average Bonchev–Trinajstić information content (AvgIpc) is 3.17. The van der Waals surface area contributed by atoms with E-state index in [9.17, 15) is 14.4 Å². The number of urea groups is 1. The van der Waals surface area contributed by atoms with E-state index in [-0.39, 0.29) is 25.6 Å². The molecule has 3 rings (SSSR count). The molecule has 11 heteroatoms. The average molecular weight is 520 g/mol. The van der Waals surface area contributed by atoms with Crippen LogP contribution in [0.5, 0.6) is 0 Å². The SMILES string of the molecule is CC(C)(C)OC(=O)NC/C=C/c1ccn2ncc(N3CCC(=O)N(COCCS(C)(C)C)C3=O)c2c1. The van der Waals surface area contributed by atoms with Crippen molar-refractivity contribution in [3.63, 3.8) is 0 Å². The third-order valence-corrected chi connectivity index (χ3v) is 6.65. The van der Waals surface area contributed by atoms with Crippen LogP contribution in [0.1, 0.15) is 32.8 Å². The first kappa shape index (κ1) is 27.5. The number of aromatic nitrogens is 2. The lowest BCUT2D eigenvalue weighted by Crippen LogP contribution is -2.53. The van der Waals surface area contributed by atoms with Crippen LogP contribution in [-0.2, 0) is 14.3 Å². The number of pyridine rings is 1. The largest absolute Gasteiger partial charge is 0.444 e. The van der Waals surface area contributed by atoms with Gasteiger partial charge in [0, 0.05) is 31.5 Å². The zero-order chi connectivity index (χ0) is 26.5. The van der Waals surface area contributed by atoms with Gasteiger partial charge in [-0.15, -0.1) is 0 Å². The topological polar surface area (TPSA) is 105 Å². The Bertz CT molecular complexity index is 1130. The summed E-state index contributed by atoms with van der Waals surface area (Å²) < 4.78 is 12.6. The summed E-state index contributed by atoms with van der Waals surface area (Å²) in [4.78, 5) is 40.1. The molecule has 0 bridgehead atoms. The van der Waals surface area contributed by atoms with Crippen molar-refractivity contribution >= 4 is 45.3 Å². The Kier molecular flexibility index (Phi) is 8.67. The Hall–Kier alpha value is -3.05. The molecule has 0 aromatic carbocycles. The highest BCUT2D eigenvalue weighted by Crippen LogP contribution is 2.33. The number of carbonyl (C=O) groups excluding carboxylic acids is 3. The molecule has 0 radical (unpaired) electrons. The highest BCUT2D eigenvalue weighted by Gasteiger charge is 2.34. The normalized spacial score (nSPS) is 15.7. The van der Waals surface area contributed by atoms with E-state index in [2.05, 4.69) is 29.2 Å². The molecule has 0 aliphatic carbocycles. The summed E-state index contributed by atoms with van der Waals surface area (Å²) in [6, 6.07) is 3.38. The first-order valence-corrected chi connectivity index (χ1v) is 14.8. The highest BCUT2D eigenvalue weighted by molar-refractivity contribution is 8.32. The van der Waals surface area contributed by atoms with Crippen molar-refractivity contribution in [1.29, 1.82) is 0 Å². The number of hydrogen-bond acceptors (Lipinski definition) is 6. The van der Waals surface area contributed by atoms with E-state index in [1.54, 1.807) is 21.8 Å². The second kappa shape index (κ2) is 11.3. The fourth-order valence-corrected chi connectivity index (χ4v) is 4.07. The van der Waals surface area contributed by atoms with Gasteiger partial charge in [-0.2, -0.15) is 5.10 Å². The molecule has 2 aromatic heterocycles. The van der Waals surface area contributed by atoms with Gasteiger partial charge in [-0.3, -0.25) is 9.69 Å². The number of nitrogens with zero attached hydrogens (tertiary/aromatic N) is 4. The number of ether oxygens (including phenoxy) is 2. The first-order chi connectivity index (χ1) is 16.8. The van der Waals surface area contributed by atoms with E-state index >= 15 is 0 Å². The Morgan fingerprint density at radius 2 is 2.00 bits per heavy atom. The fourth-order valence-electron chi connectivity index (χ4n) is 3.45. The molecule has 0 spiro atoms. The van der Waals surface area contributed by atoms with Crippen LogP contribution in [-0.4, -0.2) is 89.1 Å². The smallest absolute Gasteiger partial charge is 0.407 e. The molecule has 1 saturated heterocycles. The summed E-state index contributed by atoms with van der Waals surface area (Å²) in [7, 11) is -0.716. The van der Waals surface area contributed by atoms with Crippen LogP contribution < -0.4 is 10.2 Å². The number of carbonyl (C=O) groups is 3. The van der Waals surface area contributed by atoms with E-state index < -0.39 is 27.8 Å². The summed E-state index contributed by atoms with van der Waals surface area (Å²) in [5.41, 5.74) is 1.68. The Morgan fingerprint density at radius 3 is 2.69 bits per heavy atom. The molecule has 1 N–H and O–H groups in total. The first-order valence-electron chi connectivity index (χ1n) is 11.8. The summed E-state index contributed by atoms with van der Waals surface area (Å²) in [6.45, 7) is 6.47. The number of anilines is 1. The van der Waals surface area contributed by atoms with Gasteiger partial charge >= 0.3 is 12.1 Å². The number of amides is 4. The summed E-state index contributed by atoms with van der Waals surface area (Å²) >= 11 is 0. The number of hydrogen-bond donors (Lipinski definition) is 1. The van der Waals surface area contributed by atoms with Gasteiger partial charge in [0.15, 0.2) is 0 Å². The van der Waals surface area contributed by atoms with E-state index in [4.69, 9.17) is 9.47 Å². The van der Waals surface area contributed by atoms with Crippen molar-refractivity contribution in [1.82, 2.24) is 19.8 Å². The highest BCUT2D eigenvalue weighted by atomic mass is 32.3. The molecule has 3 heterocycles. The number of rotatable bonds is 9. The predicted molar refractivity (Wildman–Crippen MR) is 144 cm³/mol. The van der Waals surface area contributed by atoms with Crippen LogP contribution >= 0.6 is 10.0 Å². The molecule has 1 fully saturated rings. The molecule has 198 valence electrons. The second-order valence-electron chi connectivity index (χ2n) is 10.4. The lowest BCUT2D eigenvalue weighted by atomic mass is 10.2. The van der Waals surface area contributed by atoms with Gasteiger partial charge < -0.3 is 14.8 Å². The number of nitrogens with one attached hydrogen (secondary N) is 1. The van der Waals surface area contributed by atoms with Gasteiger partial charge in [0.25, 0.3) is 0 Å². The summed E-state index contributed by atoms with van der Waals surface area (Å²) in [6.07, 6.45) is 13.4. The number of fused-ring (bicyclic) bond motifs is 1. The van der Waals surface area contributed by atoms with Gasteiger partial charge in [0.1, 0.15) is 12.3 Å². The molecule has 1 aliphatic heterocycles. The molecular weight excluding hydrogens is 482 g/mol. The number of alkyl carbamates (subject to hydrolysis) is 1. The van der Waals surface area contributed by atoms with E-state index in [1.807, 2.05) is 45.1 Å². The van der Waals surface area contributed by atoms with Gasteiger partial charge in [0.2, 0.25) is 5.91 Å². The van der Waals surface area contributed by atoms with Crippen molar-refractivity contribution in [3.8, 4) is 0 Å². The maximum Gasteiger partial charge on any atom is 0.407 e. The van der Waals surface area contributed by atoms with E-state index in [1.165, 1.54) is 0 Å². The Morgan fingerprint density at radius 1 is 1.25 bits per heavy atom. The monoisotopic (exact) mass is 519 g/mol. The third kappa shape index (κ3) is 7.72. The molecule has 2 aromatic rings. The lowest BCUT2D eigenvalue weighted by Gasteiger charge is -2.33. The maximum absolute atomic E-state index is 13.2. The summed E-state index contributed by atoms with van der Waals surface area (Å²) in [5, 5.41) is 7.04. The predicted octanol–water partition coefficient (Wildman–Crippen LogP) is 3.70. The van der Waals surface area contributed by atoms with Crippen LogP contribution in [0, 0.1) is 0 Å². The molecule has 10 nitrogen and oxygen atoms in total. The van der Waals surface area contributed by atoms with Crippen LogP contribution in [0.2, 0.25) is 0 Å². The summed E-state index contributed by atoms with van der Waals surface area (Å²) in [5.74, 6) is 0.668. The van der Waals surface area contributed by atoms with Crippen molar-refractivity contribution in [2.24, 2.45) is 0 Å². The number of imide groups is 1. The maximum atomic E-state index is 13.2. The minimum Gasteiger partial charge on any atom is -0.444 e. The standard InChI is InChI=1S/C25H37N5O5S/c1-25(2,3)35-23(32)26-11-7-8-19-9-13-30-20(16-19)21(17-27-30)28-12-10-22(31)29(24(28)33)18-34-14-15-36(4,5)6/h7-9,13,16-17H,10-12,14-15,18H2,1-6H3,(H,26,32)/b8-7+. The van der Waals surface area contributed by atoms with Gasteiger partial charge in [-0.05, 0) is 57.2 Å². The third-order valence-electron chi connectivity index (χ3n) is 5.26. The quantitative estimate of drug-likeness (QED) is 0.507. The molecular formula is C25H37N5O5S. The minimum atomic E-state index is -0.716.